The van der Waals surface area contributed by atoms with Gasteiger partial charge in [0.15, 0.2) is 0 Å². The minimum absolute atomic E-state index is 1.30. The summed E-state index contributed by atoms with van der Waals surface area (Å²) in [6, 6.07) is 35.3. The van der Waals surface area contributed by atoms with Crippen molar-refractivity contribution in [2.75, 3.05) is 0 Å². The van der Waals surface area contributed by atoms with E-state index in [4.69, 9.17) is 0 Å². The fourth-order valence-electron chi connectivity index (χ4n) is 5.76. The molecule has 0 bridgehead atoms. The van der Waals surface area contributed by atoms with Crippen molar-refractivity contribution in [3.63, 3.8) is 0 Å². The van der Waals surface area contributed by atoms with Gasteiger partial charge in [-0.05, 0) is 119 Å². The highest BCUT2D eigenvalue weighted by Crippen LogP contribution is 2.50. The summed E-state index contributed by atoms with van der Waals surface area (Å²) < 4.78 is 0. The maximum absolute atomic E-state index is 2.33. The standard InChI is InChI=1S/C36H34/c1-23-15-7-11-19-29(23)33-27(5)35(31-21-13-9-17-25(31)3)36(32-22-14-10-18-26(32)4)28(6)34(33)30-20-12-8-16-24(30)2/h7-22H,1-6H3. The molecule has 178 valence electrons. The molecule has 5 aromatic carbocycles. The Bertz CT molecular complexity index is 1350. The second kappa shape index (κ2) is 9.63. The molecule has 0 saturated carbocycles. The highest BCUT2D eigenvalue weighted by molar-refractivity contribution is 6.02. The molecule has 0 saturated heterocycles. The molecule has 0 fully saturated rings. The Balaban J connectivity index is 2.05. The topological polar surface area (TPSA) is 0 Å². The van der Waals surface area contributed by atoms with Gasteiger partial charge in [0.05, 0.1) is 0 Å². The number of hydrogen-bond acceptors (Lipinski definition) is 0. The zero-order chi connectivity index (χ0) is 25.4. The van der Waals surface area contributed by atoms with Crippen LogP contribution in [-0.2, 0) is 0 Å². The van der Waals surface area contributed by atoms with Gasteiger partial charge in [-0.15, -0.1) is 0 Å². The molecule has 0 N–H and O–H groups in total. The SMILES string of the molecule is Cc1ccccc1-c1c(C)c(-c2ccccc2C)c(-c2ccccc2C)c(C)c1-c1ccccc1C. The normalized spacial score (nSPS) is 11.1. The monoisotopic (exact) mass is 466 g/mol. The smallest absolute Gasteiger partial charge is 0.00641 e. The van der Waals surface area contributed by atoms with Gasteiger partial charge in [0.2, 0.25) is 0 Å². The Hall–Kier alpha value is -3.90. The van der Waals surface area contributed by atoms with Gasteiger partial charge >= 0.3 is 0 Å². The van der Waals surface area contributed by atoms with E-state index in [1.165, 1.54) is 77.9 Å². The van der Waals surface area contributed by atoms with E-state index in [2.05, 4.69) is 139 Å². The first-order valence-corrected chi connectivity index (χ1v) is 12.8. The van der Waals surface area contributed by atoms with Crippen LogP contribution < -0.4 is 0 Å². The van der Waals surface area contributed by atoms with Crippen molar-refractivity contribution in [2.45, 2.75) is 41.5 Å². The molecule has 5 aromatic rings. The molecule has 0 unspecified atom stereocenters. The van der Waals surface area contributed by atoms with Crippen molar-refractivity contribution in [1.29, 1.82) is 0 Å². The summed E-state index contributed by atoms with van der Waals surface area (Å²) in [6.45, 7) is 13.6. The fourth-order valence-corrected chi connectivity index (χ4v) is 5.76. The summed E-state index contributed by atoms with van der Waals surface area (Å²) in [7, 11) is 0. The Labute approximate surface area is 216 Å². The van der Waals surface area contributed by atoms with Gasteiger partial charge < -0.3 is 0 Å². The molecule has 0 heteroatoms. The first kappa shape index (κ1) is 23.8. The van der Waals surface area contributed by atoms with E-state index in [1.54, 1.807) is 0 Å². The van der Waals surface area contributed by atoms with Crippen molar-refractivity contribution < 1.29 is 0 Å². The van der Waals surface area contributed by atoms with Crippen molar-refractivity contribution in [1.82, 2.24) is 0 Å². The zero-order valence-corrected chi connectivity index (χ0v) is 22.2. The fraction of sp³-hybridized carbons (Fsp3) is 0.167. The summed E-state index contributed by atoms with van der Waals surface area (Å²) >= 11 is 0. The summed E-state index contributed by atoms with van der Waals surface area (Å²) in [5, 5.41) is 0. The summed E-state index contributed by atoms with van der Waals surface area (Å²) in [4.78, 5) is 0. The molecule has 0 aliphatic carbocycles. The Morgan fingerprint density at radius 2 is 0.472 bits per heavy atom. The maximum Gasteiger partial charge on any atom is -0.00641 e. The summed E-state index contributed by atoms with van der Waals surface area (Å²) in [5.41, 5.74) is 18.5. The largest absolute Gasteiger partial charge is 0.0620 e. The first-order chi connectivity index (χ1) is 17.4. The van der Waals surface area contributed by atoms with Gasteiger partial charge in [-0.2, -0.15) is 0 Å². The predicted octanol–water partition coefficient (Wildman–Crippen LogP) is 10.2. The molecule has 36 heavy (non-hydrogen) atoms. The third-order valence-electron chi connectivity index (χ3n) is 7.66. The second-order valence-electron chi connectivity index (χ2n) is 10.0. The Morgan fingerprint density at radius 3 is 0.667 bits per heavy atom. The highest BCUT2D eigenvalue weighted by Gasteiger charge is 2.25. The van der Waals surface area contributed by atoms with Crippen molar-refractivity contribution >= 4 is 0 Å². The third-order valence-corrected chi connectivity index (χ3v) is 7.66. The summed E-state index contributed by atoms with van der Waals surface area (Å²) in [6.07, 6.45) is 0. The average molecular weight is 467 g/mol. The van der Waals surface area contributed by atoms with E-state index in [-0.39, 0.29) is 0 Å². The molecule has 0 radical (unpaired) electrons. The van der Waals surface area contributed by atoms with E-state index >= 15 is 0 Å². The molecule has 0 amide bonds. The minimum Gasteiger partial charge on any atom is -0.0620 e. The number of aryl methyl sites for hydroxylation is 4. The minimum atomic E-state index is 1.30. The Morgan fingerprint density at radius 1 is 0.278 bits per heavy atom. The van der Waals surface area contributed by atoms with E-state index in [0.717, 1.165) is 0 Å². The third kappa shape index (κ3) is 3.97. The van der Waals surface area contributed by atoms with E-state index in [1.807, 2.05) is 0 Å². The predicted molar refractivity (Wildman–Crippen MR) is 157 cm³/mol. The van der Waals surface area contributed by atoms with Gasteiger partial charge in [0.1, 0.15) is 0 Å². The molecule has 0 heterocycles. The van der Waals surface area contributed by atoms with Crippen LogP contribution in [0.15, 0.2) is 97.1 Å². The Kier molecular flexibility index (Phi) is 6.37. The van der Waals surface area contributed by atoms with Crippen LogP contribution in [0.5, 0.6) is 0 Å². The van der Waals surface area contributed by atoms with Crippen LogP contribution in [0.3, 0.4) is 0 Å². The highest BCUT2D eigenvalue weighted by atomic mass is 14.3. The molecule has 5 rings (SSSR count). The molecule has 0 aliphatic heterocycles. The van der Waals surface area contributed by atoms with Gasteiger partial charge in [-0.1, -0.05) is 97.1 Å². The molecule has 0 atom stereocenters. The van der Waals surface area contributed by atoms with Crippen LogP contribution in [0.25, 0.3) is 44.5 Å². The molecule has 0 aromatic heterocycles. The summed E-state index contributed by atoms with van der Waals surface area (Å²) in [5.74, 6) is 0. The number of benzene rings is 5. The molecule has 0 nitrogen and oxygen atoms in total. The van der Waals surface area contributed by atoms with Crippen molar-refractivity contribution in [3.05, 3.63) is 130 Å². The lowest BCUT2D eigenvalue weighted by Gasteiger charge is -2.27. The van der Waals surface area contributed by atoms with E-state index < -0.39 is 0 Å². The lowest BCUT2D eigenvalue weighted by atomic mass is 9.76. The van der Waals surface area contributed by atoms with Gasteiger partial charge in [-0.3, -0.25) is 0 Å². The van der Waals surface area contributed by atoms with Gasteiger partial charge in [0.25, 0.3) is 0 Å². The van der Waals surface area contributed by atoms with Crippen LogP contribution in [0.4, 0.5) is 0 Å². The molecular weight excluding hydrogens is 432 g/mol. The van der Waals surface area contributed by atoms with E-state index in [0.29, 0.717) is 0 Å². The first-order valence-electron chi connectivity index (χ1n) is 12.8. The van der Waals surface area contributed by atoms with Gasteiger partial charge in [0, 0.05) is 0 Å². The number of hydrogen-bond donors (Lipinski definition) is 0. The molecule has 0 aliphatic rings. The van der Waals surface area contributed by atoms with Crippen LogP contribution >= 0.6 is 0 Å². The second-order valence-corrected chi connectivity index (χ2v) is 10.0. The van der Waals surface area contributed by atoms with Crippen LogP contribution in [-0.4, -0.2) is 0 Å². The zero-order valence-electron chi connectivity index (χ0n) is 22.2. The van der Waals surface area contributed by atoms with Crippen LogP contribution in [0, 0.1) is 41.5 Å². The number of rotatable bonds is 4. The lowest BCUT2D eigenvalue weighted by molar-refractivity contribution is 1.33. The van der Waals surface area contributed by atoms with Gasteiger partial charge in [-0.25, -0.2) is 0 Å². The lowest BCUT2D eigenvalue weighted by Crippen LogP contribution is -2.03. The average Bonchev–Trinajstić information content (AvgIpc) is 2.87. The maximum atomic E-state index is 2.33. The molecule has 0 spiro atoms. The van der Waals surface area contributed by atoms with E-state index in [9.17, 15) is 0 Å². The van der Waals surface area contributed by atoms with Crippen molar-refractivity contribution in [3.8, 4) is 44.5 Å². The van der Waals surface area contributed by atoms with Crippen LogP contribution in [0.2, 0.25) is 0 Å². The van der Waals surface area contributed by atoms with Crippen LogP contribution in [0.1, 0.15) is 33.4 Å². The quantitative estimate of drug-likeness (QED) is 0.247. The molecular formula is C36H34. The van der Waals surface area contributed by atoms with Crippen molar-refractivity contribution in [2.24, 2.45) is 0 Å².